The van der Waals surface area contributed by atoms with Gasteiger partial charge in [0.25, 0.3) is 0 Å². The van der Waals surface area contributed by atoms with Crippen LogP contribution in [0.25, 0.3) is 86.0 Å². The summed E-state index contributed by atoms with van der Waals surface area (Å²) in [6, 6.07) is 133. The molecule has 0 N–H and O–H groups in total. The number of fused-ring (bicyclic) bond motifs is 20. The molecule has 0 spiro atoms. The van der Waals surface area contributed by atoms with Crippen LogP contribution < -0.4 is 19.6 Å². The van der Waals surface area contributed by atoms with Crippen LogP contribution in [0.2, 0.25) is 0 Å². The fourth-order valence-corrected chi connectivity index (χ4v) is 23.9. The molecule has 0 fully saturated rings. The smallest absolute Gasteiger partial charge is 0.159 e. The minimum atomic E-state index is -0.216. The highest BCUT2D eigenvalue weighted by atomic mass is 32.1. The van der Waals surface area contributed by atoms with E-state index in [4.69, 9.17) is 4.42 Å². The molecule has 3 heterocycles. The number of rotatable bonds is 13. The fraction of sp³-hybridized carbons (Fsp3) is 0.117. The third-order valence-corrected chi connectivity index (χ3v) is 28.5. The van der Waals surface area contributed by atoms with Crippen molar-refractivity contribution >= 4 is 113 Å². The maximum Gasteiger partial charge on any atom is 0.159 e. The molecular formula is C111H86N4OS2. The molecule has 0 saturated carbocycles. The molecule has 5 aliphatic carbocycles. The molecule has 0 bridgehead atoms. The van der Waals surface area contributed by atoms with E-state index in [1.807, 2.05) is 28.7 Å². The summed E-state index contributed by atoms with van der Waals surface area (Å²) in [6.07, 6.45) is 0.914. The molecule has 0 amide bonds. The Hall–Kier alpha value is -13.3. The van der Waals surface area contributed by atoms with Crippen molar-refractivity contribution in [1.82, 2.24) is 0 Å². The van der Waals surface area contributed by atoms with E-state index in [1.54, 1.807) is 0 Å². The van der Waals surface area contributed by atoms with Gasteiger partial charge in [0.1, 0.15) is 5.58 Å². The van der Waals surface area contributed by atoms with Gasteiger partial charge in [0, 0.05) is 115 Å². The Morgan fingerprint density at radius 1 is 0.246 bits per heavy atom. The molecule has 3 aromatic heterocycles. The first-order valence-corrected chi connectivity index (χ1v) is 42.9. The van der Waals surface area contributed by atoms with Crippen molar-refractivity contribution < 1.29 is 4.42 Å². The van der Waals surface area contributed by atoms with Crippen LogP contribution >= 0.6 is 22.7 Å². The quantitative estimate of drug-likeness (QED) is 0.115. The largest absolute Gasteiger partial charge is 0.454 e. The van der Waals surface area contributed by atoms with E-state index in [0.29, 0.717) is 0 Å². The molecule has 0 atom stereocenters. The number of hydrogen-bond acceptors (Lipinski definition) is 7. The van der Waals surface area contributed by atoms with Gasteiger partial charge in [-0.1, -0.05) is 286 Å². The number of thiophene rings is 2. The first-order chi connectivity index (χ1) is 57.6. The lowest BCUT2D eigenvalue weighted by atomic mass is 9.74. The molecule has 23 rings (SSSR count). The maximum absolute atomic E-state index is 6.61. The normalized spacial score (nSPS) is 14.3. The van der Waals surface area contributed by atoms with Crippen LogP contribution in [0.3, 0.4) is 0 Å². The highest BCUT2D eigenvalue weighted by Crippen LogP contribution is 2.67. The highest BCUT2D eigenvalue weighted by Gasteiger charge is 2.51. The van der Waals surface area contributed by atoms with Gasteiger partial charge in [0.05, 0.1) is 17.1 Å². The Bertz CT molecular complexity index is 6950. The molecule has 0 unspecified atom stereocenters. The monoisotopic (exact) mass is 1550 g/mol. The van der Waals surface area contributed by atoms with Gasteiger partial charge in [-0.05, 0) is 228 Å². The molecule has 118 heavy (non-hydrogen) atoms. The molecule has 5 aliphatic rings. The molecule has 18 aromatic rings. The summed E-state index contributed by atoms with van der Waals surface area (Å²) in [5.41, 5.74) is 39.6. The van der Waals surface area contributed by atoms with Crippen LogP contribution in [0.4, 0.5) is 68.2 Å². The number of hydrogen-bond donors (Lipinski definition) is 0. The topological polar surface area (TPSA) is 26.1 Å². The van der Waals surface area contributed by atoms with E-state index >= 15 is 0 Å². The van der Waals surface area contributed by atoms with Crippen molar-refractivity contribution in [2.24, 2.45) is 0 Å². The number of nitrogens with zero attached hydrogens (tertiary/aromatic N) is 4. The summed E-state index contributed by atoms with van der Waals surface area (Å²) in [6.45, 7) is 19.5. The third kappa shape index (κ3) is 10.9. The molecule has 0 radical (unpaired) electrons. The summed E-state index contributed by atoms with van der Waals surface area (Å²) in [7, 11) is 0. The summed E-state index contributed by atoms with van der Waals surface area (Å²) >= 11 is 3.97. The van der Waals surface area contributed by atoms with Gasteiger partial charge in [-0.25, -0.2) is 0 Å². The van der Waals surface area contributed by atoms with Gasteiger partial charge in [-0.3, -0.25) is 0 Å². The minimum absolute atomic E-state index is 0.182. The van der Waals surface area contributed by atoms with E-state index in [0.717, 1.165) is 68.2 Å². The Morgan fingerprint density at radius 2 is 0.576 bits per heavy atom. The van der Waals surface area contributed by atoms with Crippen molar-refractivity contribution in [2.75, 3.05) is 19.6 Å². The lowest BCUT2D eigenvalue weighted by molar-refractivity contribution is 0.603. The van der Waals surface area contributed by atoms with Crippen molar-refractivity contribution in [1.29, 1.82) is 0 Å². The Balaban J connectivity index is 0.000000143. The average molecular weight is 1560 g/mol. The van der Waals surface area contributed by atoms with Gasteiger partial charge >= 0.3 is 0 Å². The van der Waals surface area contributed by atoms with Crippen LogP contribution in [-0.2, 0) is 28.1 Å². The zero-order valence-electron chi connectivity index (χ0n) is 67.4. The van der Waals surface area contributed by atoms with Gasteiger partial charge in [0.2, 0.25) is 0 Å². The zero-order valence-corrected chi connectivity index (χ0v) is 69.0. The molecule has 0 aliphatic heterocycles. The van der Waals surface area contributed by atoms with E-state index in [2.05, 4.69) is 433 Å². The average Bonchev–Trinajstić information content (AvgIpc) is 1.52. The minimum Gasteiger partial charge on any atom is -0.454 e. The van der Waals surface area contributed by atoms with Crippen molar-refractivity contribution in [2.45, 2.75) is 83.5 Å². The van der Waals surface area contributed by atoms with Crippen molar-refractivity contribution in [3.05, 3.63) is 420 Å². The zero-order chi connectivity index (χ0) is 79.5. The number of anilines is 12. The number of para-hydroxylation sites is 8. The lowest BCUT2D eigenvalue weighted by Gasteiger charge is -2.32. The number of benzene rings is 15. The second kappa shape index (κ2) is 27.2. The molecule has 568 valence electrons. The number of furan rings is 1. The molecule has 5 nitrogen and oxygen atoms in total. The summed E-state index contributed by atoms with van der Waals surface area (Å²) in [4.78, 5) is 15.3. The van der Waals surface area contributed by atoms with Gasteiger partial charge in [0.15, 0.2) is 5.58 Å². The predicted molar refractivity (Wildman–Crippen MR) is 499 cm³/mol. The van der Waals surface area contributed by atoms with Gasteiger partial charge in [-0.2, -0.15) is 0 Å². The Morgan fingerprint density at radius 3 is 1.03 bits per heavy atom. The van der Waals surface area contributed by atoms with Crippen molar-refractivity contribution in [3.8, 4) is 64.0 Å². The van der Waals surface area contributed by atoms with Crippen LogP contribution in [0.5, 0.6) is 0 Å². The second-order valence-corrected chi connectivity index (χ2v) is 36.3. The Labute approximate surface area is 698 Å². The van der Waals surface area contributed by atoms with Crippen LogP contribution in [-0.4, -0.2) is 0 Å². The second-order valence-electron chi connectivity index (χ2n) is 34.2. The van der Waals surface area contributed by atoms with Crippen molar-refractivity contribution in [3.63, 3.8) is 0 Å². The lowest BCUT2D eigenvalue weighted by Crippen LogP contribution is -2.23. The first-order valence-electron chi connectivity index (χ1n) is 41.3. The van der Waals surface area contributed by atoms with E-state index in [-0.39, 0.29) is 21.7 Å². The SMILES string of the molecule is CC1(C)c2cc(N(c3ccccc3)c3ccccc3)ccc2-c2sc3c(c21)C(C)(C)c1cc(N(c2ccccc2)c2cccc4c2oc2ccccc24)ccc1-3.CC1(C)c2cc(N(c3ccccc3)c3ccccc3)ccc2-c2sc3c(c21)C(C)(C)c1cc(N(c2ccccc2-c2ccccc2)c2cccc4c2Cc2ccccc2-4)ccc1-3. The molecule has 7 heteroatoms. The molecule has 0 saturated heterocycles. The standard InChI is InChI=1S/C59H46N2S.C52H40N2OS/c1-58(2)50-36-42(60(40-22-10-6-11-23-40)41-24-12-7-13-25-41)31-33-47(50)56-54(58)55-57(62-56)48-34-32-43(37-51(48)59(55,3)4)61(52-29-17-16-27-45(52)38-19-8-5-9-20-38)53-30-18-28-46-44-26-15-14-21-39(44)35-49(46)53;1-51(2)42-31-36(53(33-17-8-5-9-18-33)34-19-10-6-11-20-34)27-29-40(42)49-46(51)47-50(56-49)41-30-28-37(32-43(41)52(47,3)4)54(35-21-12-7-13-22-35)44-25-16-24-39-38-23-14-15-26-45(38)55-48(39)44/h5-34,36-37H,35H2,1-4H3;5-32H,1-4H3. The van der Waals surface area contributed by atoms with Crippen LogP contribution in [0.1, 0.15) is 111 Å². The van der Waals surface area contributed by atoms with Crippen LogP contribution in [0, 0.1) is 0 Å². The highest BCUT2D eigenvalue weighted by molar-refractivity contribution is 7.20. The molecular weight excluding hydrogens is 1470 g/mol. The van der Waals surface area contributed by atoms with E-state index < -0.39 is 0 Å². The summed E-state index contributed by atoms with van der Waals surface area (Å²) in [5.74, 6) is 0. The van der Waals surface area contributed by atoms with E-state index in [1.165, 1.54) is 148 Å². The first kappa shape index (κ1) is 71.3. The maximum atomic E-state index is 6.61. The predicted octanol–water partition coefficient (Wildman–Crippen LogP) is 31.7. The van der Waals surface area contributed by atoms with Gasteiger partial charge in [-0.15, -0.1) is 22.7 Å². The van der Waals surface area contributed by atoms with Gasteiger partial charge < -0.3 is 24.0 Å². The summed E-state index contributed by atoms with van der Waals surface area (Å²) < 4.78 is 6.61. The third-order valence-electron chi connectivity index (χ3n) is 26.0. The molecule has 15 aromatic carbocycles. The van der Waals surface area contributed by atoms with E-state index in [9.17, 15) is 0 Å². The fourth-order valence-electron chi connectivity index (χ4n) is 20.5. The van der Waals surface area contributed by atoms with Crippen LogP contribution in [0.15, 0.2) is 368 Å². The summed E-state index contributed by atoms with van der Waals surface area (Å²) in [5, 5.41) is 2.26. The Kier molecular flexibility index (Phi) is 16.4.